The van der Waals surface area contributed by atoms with Crippen molar-refractivity contribution in [2.24, 2.45) is 0 Å². The first-order valence-electron chi connectivity index (χ1n) is 7.00. The fourth-order valence-corrected chi connectivity index (χ4v) is 3.18. The van der Waals surface area contributed by atoms with Crippen LogP contribution in [0.5, 0.6) is 0 Å². The molecule has 22 heavy (non-hydrogen) atoms. The van der Waals surface area contributed by atoms with Crippen molar-refractivity contribution >= 4 is 15.9 Å². The van der Waals surface area contributed by atoms with Gasteiger partial charge in [0, 0.05) is 0 Å². The summed E-state index contributed by atoms with van der Waals surface area (Å²) >= 11 is 0. The molecule has 0 aromatic heterocycles. The zero-order chi connectivity index (χ0) is 16.2. The minimum Gasteiger partial charge on any atom is -0.218 e. The molecule has 0 saturated heterocycles. The Morgan fingerprint density at radius 3 is 2.18 bits per heavy atom. The standard InChI is InChI=1S/C18H17NO2S/c1-3-15-6-8-16(9-7-15)12-18(13-19)22(20,21)17-10-4-14(2)5-11-17/h4-12H,3H2,1-2H3. The second-order valence-electron chi connectivity index (χ2n) is 5.03. The van der Waals surface area contributed by atoms with Gasteiger partial charge in [-0.1, -0.05) is 48.9 Å². The molecule has 0 saturated carbocycles. The molecule has 0 N–H and O–H groups in total. The molecule has 0 aliphatic carbocycles. The van der Waals surface area contributed by atoms with Crippen LogP contribution in [0.3, 0.4) is 0 Å². The summed E-state index contributed by atoms with van der Waals surface area (Å²) in [6, 6.07) is 15.8. The molecule has 2 aromatic carbocycles. The predicted molar refractivity (Wildman–Crippen MR) is 87.8 cm³/mol. The number of rotatable bonds is 4. The second-order valence-corrected chi connectivity index (χ2v) is 6.95. The highest BCUT2D eigenvalue weighted by atomic mass is 32.2. The van der Waals surface area contributed by atoms with E-state index in [9.17, 15) is 13.7 Å². The smallest absolute Gasteiger partial charge is 0.216 e. The summed E-state index contributed by atoms with van der Waals surface area (Å²) in [6.45, 7) is 3.93. The van der Waals surface area contributed by atoms with Gasteiger partial charge in [-0.2, -0.15) is 5.26 Å². The zero-order valence-electron chi connectivity index (χ0n) is 12.6. The summed E-state index contributed by atoms with van der Waals surface area (Å²) in [6.07, 6.45) is 2.32. The Kier molecular flexibility index (Phi) is 4.79. The van der Waals surface area contributed by atoms with Crippen molar-refractivity contribution in [3.8, 4) is 6.07 Å². The maximum Gasteiger partial charge on any atom is 0.216 e. The average molecular weight is 311 g/mol. The summed E-state index contributed by atoms with van der Waals surface area (Å²) in [5, 5.41) is 9.24. The highest BCUT2D eigenvalue weighted by molar-refractivity contribution is 7.95. The van der Waals surface area contributed by atoms with Gasteiger partial charge in [0.15, 0.2) is 0 Å². The summed E-state index contributed by atoms with van der Waals surface area (Å²) in [7, 11) is -3.78. The first kappa shape index (κ1) is 16.0. The third kappa shape index (κ3) is 3.44. The van der Waals surface area contributed by atoms with E-state index in [1.807, 2.05) is 38.1 Å². The van der Waals surface area contributed by atoms with E-state index in [-0.39, 0.29) is 9.80 Å². The van der Waals surface area contributed by atoms with E-state index in [1.54, 1.807) is 18.2 Å². The molecule has 0 spiro atoms. The Morgan fingerprint density at radius 1 is 1.09 bits per heavy atom. The van der Waals surface area contributed by atoms with E-state index in [1.165, 1.54) is 18.2 Å². The van der Waals surface area contributed by atoms with E-state index in [2.05, 4.69) is 0 Å². The molecular weight excluding hydrogens is 294 g/mol. The fraction of sp³-hybridized carbons (Fsp3) is 0.167. The van der Waals surface area contributed by atoms with Crippen LogP contribution in [0.25, 0.3) is 6.08 Å². The lowest BCUT2D eigenvalue weighted by Crippen LogP contribution is -2.03. The Labute approximate surface area is 131 Å². The van der Waals surface area contributed by atoms with Gasteiger partial charge in [-0.05, 0) is 42.7 Å². The van der Waals surface area contributed by atoms with Crippen LogP contribution in [0.1, 0.15) is 23.6 Å². The Balaban J connectivity index is 2.43. The third-order valence-corrected chi connectivity index (χ3v) is 5.10. The van der Waals surface area contributed by atoms with Crippen LogP contribution < -0.4 is 0 Å². The van der Waals surface area contributed by atoms with Gasteiger partial charge < -0.3 is 0 Å². The van der Waals surface area contributed by atoms with Gasteiger partial charge in [0.1, 0.15) is 11.0 Å². The number of hydrogen-bond donors (Lipinski definition) is 0. The van der Waals surface area contributed by atoms with Gasteiger partial charge in [-0.15, -0.1) is 0 Å². The first-order valence-corrected chi connectivity index (χ1v) is 8.48. The number of hydrogen-bond acceptors (Lipinski definition) is 3. The molecule has 0 amide bonds. The molecule has 0 atom stereocenters. The van der Waals surface area contributed by atoms with Crippen LogP contribution in [0.2, 0.25) is 0 Å². The molecule has 2 rings (SSSR count). The largest absolute Gasteiger partial charge is 0.218 e. The molecule has 4 heteroatoms. The van der Waals surface area contributed by atoms with Crippen molar-refractivity contribution in [2.45, 2.75) is 25.2 Å². The topological polar surface area (TPSA) is 57.9 Å². The first-order chi connectivity index (χ1) is 10.5. The Hall–Kier alpha value is -2.38. The van der Waals surface area contributed by atoms with E-state index in [4.69, 9.17) is 0 Å². The molecule has 112 valence electrons. The number of nitrogens with zero attached hydrogens (tertiary/aromatic N) is 1. The van der Waals surface area contributed by atoms with Crippen molar-refractivity contribution in [3.05, 3.63) is 70.1 Å². The SMILES string of the molecule is CCc1ccc(C=C(C#N)S(=O)(=O)c2ccc(C)cc2)cc1. The van der Waals surface area contributed by atoms with Crippen molar-refractivity contribution in [3.63, 3.8) is 0 Å². The van der Waals surface area contributed by atoms with Gasteiger partial charge in [0.2, 0.25) is 9.84 Å². The lowest BCUT2D eigenvalue weighted by atomic mass is 10.1. The number of benzene rings is 2. The predicted octanol–water partition coefficient (Wildman–Crippen LogP) is 3.90. The minimum atomic E-state index is -3.78. The third-order valence-electron chi connectivity index (χ3n) is 3.42. The zero-order valence-corrected chi connectivity index (χ0v) is 13.4. The summed E-state index contributed by atoms with van der Waals surface area (Å²) in [5.74, 6) is 0. The van der Waals surface area contributed by atoms with E-state index >= 15 is 0 Å². The number of aryl methyl sites for hydroxylation is 2. The number of allylic oxidation sites excluding steroid dienone is 1. The molecule has 0 aliphatic rings. The van der Waals surface area contributed by atoms with Crippen molar-refractivity contribution < 1.29 is 8.42 Å². The van der Waals surface area contributed by atoms with E-state index < -0.39 is 9.84 Å². The van der Waals surface area contributed by atoms with Gasteiger partial charge in [0.25, 0.3) is 0 Å². The van der Waals surface area contributed by atoms with Crippen LogP contribution in [-0.4, -0.2) is 8.42 Å². The molecule has 0 radical (unpaired) electrons. The van der Waals surface area contributed by atoms with Crippen molar-refractivity contribution in [1.82, 2.24) is 0 Å². The fourth-order valence-electron chi connectivity index (χ4n) is 2.02. The monoisotopic (exact) mass is 311 g/mol. The lowest BCUT2D eigenvalue weighted by molar-refractivity contribution is 0.603. The normalized spacial score (nSPS) is 12.0. The van der Waals surface area contributed by atoms with Gasteiger partial charge in [-0.25, -0.2) is 8.42 Å². The highest BCUT2D eigenvalue weighted by Crippen LogP contribution is 2.21. The Bertz CT molecular complexity index is 824. The van der Waals surface area contributed by atoms with Gasteiger partial charge >= 0.3 is 0 Å². The van der Waals surface area contributed by atoms with Gasteiger partial charge in [0.05, 0.1) is 4.90 Å². The molecule has 0 aliphatic heterocycles. The van der Waals surface area contributed by atoms with Gasteiger partial charge in [-0.3, -0.25) is 0 Å². The maximum absolute atomic E-state index is 12.5. The van der Waals surface area contributed by atoms with Crippen LogP contribution in [-0.2, 0) is 16.3 Å². The average Bonchev–Trinajstić information content (AvgIpc) is 2.53. The number of sulfone groups is 1. The van der Waals surface area contributed by atoms with Crippen molar-refractivity contribution in [1.29, 1.82) is 5.26 Å². The summed E-state index contributed by atoms with van der Waals surface area (Å²) in [4.78, 5) is -0.114. The van der Waals surface area contributed by atoms with Crippen LogP contribution in [0.15, 0.2) is 58.3 Å². The molecule has 0 unspecified atom stereocenters. The molecule has 3 nitrogen and oxygen atoms in total. The summed E-state index contributed by atoms with van der Waals surface area (Å²) < 4.78 is 25.0. The molecule has 0 bridgehead atoms. The van der Waals surface area contributed by atoms with E-state index in [0.717, 1.165) is 17.5 Å². The maximum atomic E-state index is 12.5. The number of nitriles is 1. The quantitative estimate of drug-likeness (QED) is 0.805. The Morgan fingerprint density at radius 2 is 1.68 bits per heavy atom. The molecule has 0 heterocycles. The lowest BCUT2D eigenvalue weighted by Gasteiger charge is -2.04. The molecule has 2 aromatic rings. The van der Waals surface area contributed by atoms with Crippen LogP contribution in [0, 0.1) is 18.3 Å². The van der Waals surface area contributed by atoms with E-state index in [0.29, 0.717) is 5.56 Å². The molecular formula is C18H17NO2S. The molecule has 0 fully saturated rings. The highest BCUT2D eigenvalue weighted by Gasteiger charge is 2.20. The minimum absolute atomic E-state index is 0.135. The van der Waals surface area contributed by atoms with Crippen LogP contribution >= 0.6 is 0 Å². The summed E-state index contributed by atoms with van der Waals surface area (Å²) in [5.41, 5.74) is 2.83. The van der Waals surface area contributed by atoms with Crippen molar-refractivity contribution in [2.75, 3.05) is 0 Å². The van der Waals surface area contributed by atoms with Crippen LogP contribution in [0.4, 0.5) is 0 Å². The second kappa shape index (κ2) is 6.59.